The van der Waals surface area contributed by atoms with E-state index in [0.29, 0.717) is 0 Å². The van der Waals surface area contributed by atoms with Gasteiger partial charge in [0.2, 0.25) is 0 Å². The van der Waals surface area contributed by atoms with Gasteiger partial charge in [-0.15, -0.1) is 11.8 Å². The highest BCUT2D eigenvalue weighted by molar-refractivity contribution is 8.00. The highest BCUT2D eigenvalue weighted by atomic mass is 32.2. The van der Waals surface area contributed by atoms with Crippen molar-refractivity contribution in [3.63, 3.8) is 0 Å². The third kappa shape index (κ3) is 5.10. The molecule has 0 unspecified atom stereocenters. The van der Waals surface area contributed by atoms with E-state index in [1.165, 1.54) is 49.1 Å². The van der Waals surface area contributed by atoms with Crippen molar-refractivity contribution in [1.82, 2.24) is 0 Å². The van der Waals surface area contributed by atoms with E-state index in [1.54, 1.807) is 18.3 Å². The van der Waals surface area contributed by atoms with E-state index in [-0.39, 0.29) is 5.82 Å². The van der Waals surface area contributed by atoms with Crippen molar-refractivity contribution in [1.29, 1.82) is 0 Å². The zero-order valence-corrected chi connectivity index (χ0v) is 13.9. The van der Waals surface area contributed by atoms with E-state index in [1.807, 2.05) is 11.8 Å². The molecular weight excluding hydrogens is 307 g/mol. The van der Waals surface area contributed by atoms with Gasteiger partial charge in [0.1, 0.15) is 5.82 Å². The molecule has 2 nitrogen and oxygen atoms in total. The van der Waals surface area contributed by atoms with Gasteiger partial charge in [-0.25, -0.2) is 4.39 Å². The van der Waals surface area contributed by atoms with E-state index in [0.717, 1.165) is 16.5 Å². The van der Waals surface area contributed by atoms with Crippen LogP contribution in [0.3, 0.4) is 0 Å². The fraction of sp³-hybridized carbons (Fsp3) is 0.316. The Bertz CT molecular complexity index is 631. The Balaban J connectivity index is 1.52. The van der Waals surface area contributed by atoms with Crippen LogP contribution in [0.25, 0.3) is 0 Å². The maximum atomic E-state index is 12.8. The van der Waals surface area contributed by atoms with Crippen molar-refractivity contribution in [2.45, 2.75) is 42.2 Å². The van der Waals surface area contributed by atoms with Crippen LogP contribution in [0.15, 0.2) is 58.5 Å². The van der Waals surface area contributed by atoms with E-state index in [9.17, 15) is 4.39 Å². The zero-order valence-electron chi connectivity index (χ0n) is 13.0. The largest absolute Gasteiger partial charge is 0.279 e. The van der Waals surface area contributed by atoms with Crippen molar-refractivity contribution in [3.8, 4) is 0 Å². The van der Waals surface area contributed by atoms with Crippen molar-refractivity contribution < 1.29 is 4.39 Å². The average molecular weight is 328 g/mol. The third-order valence-electron chi connectivity index (χ3n) is 3.99. The van der Waals surface area contributed by atoms with Crippen LogP contribution in [0.5, 0.6) is 0 Å². The molecule has 1 aliphatic rings. The van der Waals surface area contributed by atoms with Gasteiger partial charge in [0.15, 0.2) is 0 Å². The first-order valence-corrected chi connectivity index (χ1v) is 8.99. The quantitative estimate of drug-likeness (QED) is 0.562. The average Bonchev–Trinajstić information content (AvgIpc) is 2.59. The van der Waals surface area contributed by atoms with E-state index < -0.39 is 0 Å². The fourth-order valence-corrected chi connectivity index (χ4v) is 3.96. The number of benzene rings is 2. The second-order valence-corrected chi connectivity index (χ2v) is 7.20. The Kier molecular flexibility index (Phi) is 5.70. The van der Waals surface area contributed by atoms with Crippen LogP contribution >= 0.6 is 11.8 Å². The summed E-state index contributed by atoms with van der Waals surface area (Å²) in [6.45, 7) is 0. The van der Waals surface area contributed by atoms with Crippen molar-refractivity contribution in [3.05, 3.63) is 59.9 Å². The number of nitrogens with one attached hydrogen (secondary N) is 1. The molecule has 4 heteroatoms. The number of hydrogen-bond donors (Lipinski definition) is 1. The monoisotopic (exact) mass is 328 g/mol. The number of rotatable bonds is 5. The summed E-state index contributed by atoms with van der Waals surface area (Å²) in [6, 6.07) is 14.6. The lowest BCUT2D eigenvalue weighted by Gasteiger charge is -2.20. The smallest absolute Gasteiger partial charge is 0.123 e. The van der Waals surface area contributed by atoms with Crippen LogP contribution in [-0.4, -0.2) is 11.5 Å². The maximum Gasteiger partial charge on any atom is 0.123 e. The lowest BCUT2D eigenvalue weighted by Crippen LogP contribution is -2.07. The SMILES string of the molecule is Fc1ccc(NN=Cc2ccc(SC3CCCCC3)cc2)cc1. The second-order valence-electron chi connectivity index (χ2n) is 5.82. The Labute approximate surface area is 141 Å². The first-order chi connectivity index (χ1) is 11.3. The topological polar surface area (TPSA) is 24.4 Å². The predicted octanol–water partition coefficient (Wildman–Crippen LogP) is 5.70. The molecule has 120 valence electrons. The number of anilines is 1. The molecule has 0 aliphatic heterocycles. The van der Waals surface area contributed by atoms with Gasteiger partial charge in [-0.05, 0) is 54.8 Å². The summed E-state index contributed by atoms with van der Waals surface area (Å²) in [7, 11) is 0. The van der Waals surface area contributed by atoms with Gasteiger partial charge in [0, 0.05) is 10.1 Å². The number of nitrogens with zero attached hydrogens (tertiary/aromatic N) is 1. The minimum Gasteiger partial charge on any atom is -0.279 e. The molecule has 23 heavy (non-hydrogen) atoms. The molecule has 1 saturated carbocycles. The fourth-order valence-electron chi connectivity index (χ4n) is 2.71. The lowest BCUT2D eigenvalue weighted by atomic mass is 10.0. The molecule has 0 saturated heterocycles. The van der Waals surface area contributed by atoms with Gasteiger partial charge in [0.05, 0.1) is 11.9 Å². The summed E-state index contributed by atoms with van der Waals surface area (Å²) in [6.07, 6.45) is 8.60. The first-order valence-electron chi connectivity index (χ1n) is 8.11. The van der Waals surface area contributed by atoms with Gasteiger partial charge < -0.3 is 0 Å². The molecule has 0 bridgehead atoms. The number of hydrogen-bond acceptors (Lipinski definition) is 3. The van der Waals surface area contributed by atoms with E-state index in [2.05, 4.69) is 34.8 Å². The van der Waals surface area contributed by atoms with Crippen molar-refractivity contribution >= 4 is 23.7 Å². The highest BCUT2D eigenvalue weighted by Crippen LogP contribution is 2.33. The summed E-state index contributed by atoms with van der Waals surface area (Å²) in [5, 5.41) is 4.96. The Morgan fingerprint density at radius 1 is 0.957 bits per heavy atom. The maximum absolute atomic E-state index is 12.8. The minimum atomic E-state index is -0.245. The Morgan fingerprint density at radius 2 is 1.65 bits per heavy atom. The summed E-state index contributed by atoms with van der Waals surface area (Å²) in [5.41, 5.74) is 4.72. The molecule has 0 spiro atoms. The summed E-state index contributed by atoms with van der Waals surface area (Å²) >= 11 is 2.00. The van der Waals surface area contributed by atoms with Crippen LogP contribution < -0.4 is 5.43 Å². The molecule has 0 heterocycles. The summed E-state index contributed by atoms with van der Waals surface area (Å²) < 4.78 is 12.8. The zero-order chi connectivity index (χ0) is 15.9. The van der Waals surface area contributed by atoms with Crippen LogP contribution in [0.1, 0.15) is 37.7 Å². The molecule has 2 aromatic carbocycles. The van der Waals surface area contributed by atoms with Crippen LogP contribution in [-0.2, 0) is 0 Å². The van der Waals surface area contributed by atoms with Crippen LogP contribution in [0, 0.1) is 5.82 Å². The normalized spacial score (nSPS) is 15.9. The molecule has 2 aromatic rings. The van der Waals surface area contributed by atoms with Gasteiger partial charge in [-0.3, -0.25) is 5.43 Å². The molecule has 1 N–H and O–H groups in total. The van der Waals surface area contributed by atoms with Gasteiger partial charge in [-0.2, -0.15) is 5.10 Å². The Morgan fingerprint density at radius 3 is 2.35 bits per heavy atom. The Hall–Kier alpha value is -1.81. The molecular formula is C19H21FN2S. The molecule has 0 aromatic heterocycles. The molecule has 1 aliphatic carbocycles. The summed E-state index contributed by atoms with van der Waals surface area (Å²) in [5.74, 6) is -0.245. The highest BCUT2D eigenvalue weighted by Gasteiger charge is 2.14. The van der Waals surface area contributed by atoms with Crippen molar-refractivity contribution in [2.75, 3.05) is 5.43 Å². The number of hydrazone groups is 1. The first kappa shape index (κ1) is 16.1. The second kappa shape index (κ2) is 8.16. The third-order valence-corrected chi connectivity index (χ3v) is 5.34. The van der Waals surface area contributed by atoms with Crippen LogP contribution in [0.4, 0.5) is 10.1 Å². The van der Waals surface area contributed by atoms with Gasteiger partial charge in [0.25, 0.3) is 0 Å². The standard InChI is InChI=1S/C19H21FN2S/c20-16-8-10-17(11-9-16)22-21-14-15-6-12-19(13-7-15)23-18-4-2-1-3-5-18/h6-14,18,22H,1-5H2. The van der Waals surface area contributed by atoms with Crippen molar-refractivity contribution in [2.24, 2.45) is 5.10 Å². The number of halogens is 1. The minimum absolute atomic E-state index is 0.245. The van der Waals surface area contributed by atoms with Gasteiger partial charge in [-0.1, -0.05) is 31.4 Å². The number of thioether (sulfide) groups is 1. The molecule has 0 atom stereocenters. The van der Waals surface area contributed by atoms with E-state index in [4.69, 9.17) is 0 Å². The summed E-state index contributed by atoms with van der Waals surface area (Å²) in [4.78, 5) is 1.33. The lowest BCUT2D eigenvalue weighted by molar-refractivity contribution is 0.516. The predicted molar refractivity (Wildman–Crippen MR) is 96.8 cm³/mol. The molecule has 1 fully saturated rings. The molecule has 3 rings (SSSR count). The molecule has 0 radical (unpaired) electrons. The van der Waals surface area contributed by atoms with Crippen LogP contribution in [0.2, 0.25) is 0 Å². The van der Waals surface area contributed by atoms with Gasteiger partial charge >= 0.3 is 0 Å². The van der Waals surface area contributed by atoms with E-state index >= 15 is 0 Å². The molecule has 0 amide bonds.